The molecule has 1 aromatic carbocycles. The molecule has 0 fully saturated rings. The Kier molecular flexibility index (Phi) is 3.67. The molecule has 102 valence electrons. The normalized spacial score (nSPS) is 11.9. The van der Waals surface area contributed by atoms with E-state index in [0.29, 0.717) is 10.0 Å². The van der Waals surface area contributed by atoms with E-state index in [1.807, 2.05) is 30.8 Å². The first-order valence-corrected chi connectivity index (χ1v) is 6.97. The summed E-state index contributed by atoms with van der Waals surface area (Å²) in [5.41, 5.74) is 4.30. The lowest BCUT2D eigenvalue weighted by molar-refractivity contribution is 0.587. The maximum atomic E-state index is 6.34. The molecule has 0 N–H and O–H groups in total. The van der Waals surface area contributed by atoms with Crippen molar-refractivity contribution < 1.29 is 0 Å². The molecule has 0 aliphatic carbocycles. The highest BCUT2D eigenvalue weighted by molar-refractivity contribution is 6.36. The molecular weight excluding hydrogens is 279 g/mol. The number of aromatic nitrogens is 2. The quantitative estimate of drug-likeness (QED) is 0.724. The van der Waals surface area contributed by atoms with Gasteiger partial charge in [-0.15, -0.1) is 0 Å². The molecule has 0 aliphatic rings. The Morgan fingerprint density at radius 3 is 2.32 bits per heavy atom. The Balaban J connectivity index is 2.75. The molecule has 1 heterocycles. The topological polar surface area (TPSA) is 17.8 Å². The second kappa shape index (κ2) is 4.84. The predicted molar refractivity (Wildman–Crippen MR) is 82.1 cm³/mol. The Labute approximate surface area is 124 Å². The summed E-state index contributed by atoms with van der Waals surface area (Å²) in [5.74, 6) is 0. The van der Waals surface area contributed by atoms with Crippen LogP contribution < -0.4 is 0 Å². The summed E-state index contributed by atoms with van der Waals surface area (Å²) >= 11 is 12.3. The Hall–Kier alpha value is -0.990. The highest BCUT2D eigenvalue weighted by Crippen LogP contribution is 2.38. The fourth-order valence-corrected chi connectivity index (χ4v) is 3.04. The van der Waals surface area contributed by atoms with Crippen LogP contribution in [0.2, 0.25) is 10.0 Å². The van der Waals surface area contributed by atoms with Gasteiger partial charge in [-0.25, -0.2) is 0 Å². The van der Waals surface area contributed by atoms with Crippen LogP contribution in [0.3, 0.4) is 0 Å². The third-order valence-corrected chi connectivity index (χ3v) is 3.71. The van der Waals surface area contributed by atoms with Gasteiger partial charge in [0.05, 0.1) is 16.4 Å². The second-order valence-corrected chi connectivity index (χ2v) is 6.65. The SMILES string of the molecule is Cc1nn(C)c(-c2ccc(Cl)cc2Cl)c1C(C)(C)C. The molecule has 2 nitrogen and oxygen atoms in total. The van der Waals surface area contributed by atoms with E-state index in [4.69, 9.17) is 23.2 Å². The zero-order valence-corrected chi connectivity index (χ0v) is 13.4. The monoisotopic (exact) mass is 296 g/mol. The highest BCUT2D eigenvalue weighted by atomic mass is 35.5. The van der Waals surface area contributed by atoms with Crippen LogP contribution in [0.4, 0.5) is 0 Å². The molecule has 19 heavy (non-hydrogen) atoms. The first-order chi connectivity index (χ1) is 8.71. The highest BCUT2D eigenvalue weighted by Gasteiger charge is 2.26. The fraction of sp³-hybridized carbons (Fsp3) is 0.400. The fourth-order valence-electron chi connectivity index (χ4n) is 2.55. The van der Waals surface area contributed by atoms with Crippen molar-refractivity contribution in [2.45, 2.75) is 33.1 Å². The van der Waals surface area contributed by atoms with Crippen LogP contribution in [0, 0.1) is 6.92 Å². The number of nitrogens with zero attached hydrogens (tertiary/aromatic N) is 2. The molecule has 0 amide bonds. The zero-order chi connectivity index (χ0) is 14.4. The van der Waals surface area contributed by atoms with Crippen LogP contribution in [0.15, 0.2) is 18.2 Å². The lowest BCUT2D eigenvalue weighted by Gasteiger charge is -2.21. The average Bonchev–Trinajstić information content (AvgIpc) is 2.53. The molecular formula is C15H18Cl2N2. The van der Waals surface area contributed by atoms with E-state index in [2.05, 4.69) is 25.9 Å². The van der Waals surface area contributed by atoms with Gasteiger partial charge in [0.15, 0.2) is 0 Å². The van der Waals surface area contributed by atoms with Gasteiger partial charge in [0, 0.05) is 23.2 Å². The van der Waals surface area contributed by atoms with Crippen molar-refractivity contribution in [3.63, 3.8) is 0 Å². The summed E-state index contributed by atoms with van der Waals surface area (Å²) < 4.78 is 1.89. The zero-order valence-electron chi connectivity index (χ0n) is 11.9. The van der Waals surface area contributed by atoms with Crippen molar-refractivity contribution >= 4 is 23.2 Å². The summed E-state index contributed by atoms with van der Waals surface area (Å²) in [5, 5.41) is 5.84. The van der Waals surface area contributed by atoms with Gasteiger partial charge in [0.2, 0.25) is 0 Å². The van der Waals surface area contributed by atoms with Crippen molar-refractivity contribution in [2.75, 3.05) is 0 Å². The number of rotatable bonds is 1. The predicted octanol–water partition coefficient (Wildman–Crippen LogP) is 5.00. The molecule has 0 radical (unpaired) electrons. The number of benzene rings is 1. The van der Waals surface area contributed by atoms with E-state index in [9.17, 15) is 0 Å². The molecule has 1 aromatic heterocycles. The van der Waals surface area contributed by atoms with Gasteiger partial charge in [0.1, 0.15) is 0 Å². The average molecular weight is 297 g/mol. The van der Waals surface area contributed by atoms with Crippen LogP contribution in [-0.2, 0) is 12.5 Å². The molecule has 4 heteroatoms. The minimum atomic E-state index is 0.0106. The van der Waals surface area contributed by atoms with Crippen LogP contribution >= 0.6 is 23.2 Å². The van der Waals surface area contributed by atoms with Gasteiger partial charge < -0.3 is 0 Å². The molecule has 0 atom stereocenters. The molecule has 2 aromatic rings. The molecule has 2 rings (SSSR count). The van der Waals surface area contributed by atoms with E-state index < -0.39 is 0 Å². The molecule has 0 bridgehead atoms. The maximum Gasteiger partial charge on any atom is 0.0734 e. The second-order valence-electron chi connectivity index (χ2n) is 5.81. The first-order valence-electron chi connectivity index (χ1n) is 6.21. The van der Waals surface area contributed by atoms with Crippen LogP contribution in [-0.4, -0.2) is 9.78 Å². The van der Waals surface area contributed by atoms with Gasteiger partial charge in [-0.05, 0) is 30.5 Å². The van der Waals surface area contributed by atoms with Gasteiger partial charge >= 0.3 is 0 Å². The van der Waals surface area contributed by atoms with E-state index >= 15 is 0 Å². The Morgan fingerprint density at radius 2 is 1.79 bits per heavy atom. The molecule has 0 unspecified atom stereocenters. The van der Waals surface area contributed by atoms with Gasteiger partial charge in [0.25, 0.3) is 0 Å². The summed E-state index contributed by atoms with van der Waals surface area (Å²) in [6.07, 6.45) is 0. The minimum absolute atomic E-state index is 0.0106. The number of halogens is 2. The van der Waals surface area contributed by atoms with Crippen LogP contribution in [0.1, 0.15) is 32.0 Å². The van der Waals surface area contributed by atoms with Gasteiger partial charge in [-0.2, -0.15) is 5.10 Å². The Morgan fingerprint density at radius 1 is 1.16 bits per heavy atom. The summed E-state index contributed by atoms with van der Waals surface area (Å²) in [7, 11) is 1.95. The molecule has 0 aliphatic heterocycles. The van der Waals surface area contributed by atoms with E-state index in [0.717, 1.165) is 17.0 Å². The third-order valence-electron chi connectivity index (χ3n) is 3.16. The largest absolute Gasteiger partial charge is 0.267 e. The van der Waals surface area contributed by atoms with Crippen molar-refractivity contribution in [3.05, 3.63) is 39.5 Å². The van der Waals surface area contributed by atoms with Crippen molar-refractivity contribution in [3.8, 4) is 11.3 Å². The maximum absolute atomic E-state index is 6.34. The number of hydrogen-bond acceptors (Lipinski definition) is 1. The standard InChI is InChI=1S/C15H18Cl2N2/c1-9-13(15(2,3)4)14(19(5)18-9)11-7-6-10(16)8-12(11)17/h6-8H,1-5H3. The van der Waals surface area contributed by atoms with E-state index in [1.165, 1.54) is 5.56 Å². The van der Waals surface area contributed by atoms with Crippen molar-refractivity contribution in [1.29, 1.82) is 0 Å². The number of aryl methyl sites for hydroxylation is 2. The van der Waals surface area contributed by atoms with Crippen LogP contribution in [0.25, 0.3) is 11.3 Å². The summed E-state index contributed by atoms with van der Waals surface area (Å²) in [4.78, 5) is 0. The smallest absolute Gasteiger partial charge is 0.0734 e. The van der Waals surface area contributed by atoms with Crippen molar-refractivity contribution in [2.24, 2.45) is 7.05 Å². The summed E-state index contributed by atoms with van der Waals surface area (Å²) in [6.45, 7) is 8.59. The molecule has 0 spiro atoms. The van der Waals surface area contributed by atoms with Gasteiger partial charge in [-0.3, -0.25) is 4.68 Å². The third kappa shape index (κ3) is 2.65. The lowest BCUT2D eigenvalue weighted by Crippen LogP contribution is -2.13. The van der Waals surface area contributed by atoms with E-state index in [1.54, 1.807) is 6.07 Å². The van der Waals surface area contributed by atoms with E-state index in [-0.39, 0.29) is 5.41 Å². The summed E-state index contributed by atoms with van der Waals surface area (Å²) in [6, 6.07) is 5.58. The van der Waals surface area contributed by atoms with Crippen molar-refractivity contribution in [1.82, 2.24) is 9.78 Å². The van der Waals surface area contributed by atoms with Crippen LogP contribution in [0.5, 0.6) is 0 Å². The molecule has 0 saturated carbocycles. The first kappa shape index (κ1) is 14.4. The van der Waals surface area contributed by atoms with Gasteiger partial charge in [-0.1, -0.05) is 44.0 Å². The lowest BCUT2D eigenvalue weighted by atomic mass is 9.84. The molecule has 0 saturated heterocycles. The Bertz CT molecular complexity index is 622. The minimum Gasteiger partial charge on any atom is -0.267 e. The number of hydrogen-bond donors (Lipinski definition) is 0.